The molecule has 20 heavy (non-hydrogen) atoms. The van der Waals surface area contributed by atoms with Gasteiger partial charge in [0.25, 0.3) is 5.69 Å². The van der Waals surface area contributed by atoms with Crippen LogP contribution in [0.2, 0.25) is 0 Å². The minimum absolute atomic E-state index is 0.00707. The van der Waals surface area contributed by atoms with Crippen molar-refractivity contribution < 1.29 is 9.34 Å². The van der Waals surface area contributed by atoms with Crippen molar-refractivity contribution in [1.29, 1.82) is 0 Å². The van der Waals surface area contributed by atoms with Crippen LogP contribution in [0.5, 0.6) is 0 Å². The van der Waals surface area contributed by atoms with E-state index in [-0.39, 0.29) is 5.69 Å². The van der Waals surface area contributed by atoms with E-state index >= 15 is 0 Å². The monoisotopic (exact) mass is 339 g/mol. The number of aromatic nitrogens is 1. The molecule has 7 heteroatoms. The third kappa shape index (κ3) is 3.64. The first-order chi connectivity index (χ1) is 9.45. The second-order valence-corrected chi connectivity index (χ2v) is 5.52. The average Bonchev–Trinajstić information content (AvgIpc) is 2.84. The fourth-order valence-electron chi connectivity index (χ4n) is 1.64. The summed E-state index contributed by atoms with van der Waals surface area (Å²) in [6.45, 7) is 4.58. The zero-order valence-electron chi connectivity index (χ0n) is 11.1. The number of oxazole rings is 1. The Balaban J connectivity index is 2.25. The van der Waals surface area contributed by atoms with E-state index < -0.39 is 4.92 Å². The lowest BCUT2D eigenvalue weighted by Crippen LogP contribution is -2.21. The zero-order chi connectivity index (χ0) is 14.7. The number of hydrogen-bond acceptors (Lipinski definition) is 5. The van der Waals surface area contributed by atoms with Crippen LogP contribution >= 0.6 is 15.9 Å². The highest BCUT2D eigenvalue weighted by Crippen LogP contribution is 2.29. The van der Waals surface area contributed by atoms with Crippen LogP contribution in [0.15, 0.2) is 33.3 Å². The van der Waals surface area contributed by atoms with Crippen LogP contribution in [-0.2, 0) is 6.54 Å². The molecule has 0 aliphatic heterocycles. The Kier molecular flexibility index (Phi) is 4.51. The van der Waals surface area contributed by atoms with Gasteiger partial charge < -0.3 is 9.73 Å². The lowest BCUT2D eigenvalue weighted by molar-refractivity contribution is -0.384. The standard InChI is InChI=1S/C13H14BrN3O3/c1-8(2)15-7-13-16-6-12(20-13)9-3-10(14)5-11(4-9)17(18)19/h3-6,8,15H,7H2,1-2H3. The second kappa shape index (κ2) is 6.15. The molecule has 2 rings (SSSR count). The van der Waals surface area contributed by atoms with Gasteiger partial charge in [-0.1, -0.05) is 29.8 Å². The van der Waals surface area contributed by atoms with Gasteiger partial charge in [0.1, 0.15) is 0 Å². The molecule has 1 aromatic carbocycles. The first kappa shape index (κ1) is 14.7. The van der Waals surface area contributed by atoms with Gasteiger partial charge in [-0.15, -0.1) is 0 Å². The maximum Gasteiger partial charge on any atom is 0.271 e. The molecule has 2 aromatic rings. The summed E-state index contributed by atoms with van der Waals surface area (Å²) in [7, 11) is 0. The van der Waals surface area contributed by atoms with Crippen LogP contribution in [0.25, 0.3) is 11.3 Å². The number of non-ortho nitro benzene ring substituents is 1. The molecule has 0 aliphatic carbocycles. The third-order valence-corrected chi connectivity index (χ3v) is 3.05. The van der Waals surface area contributed by atoms with Gasteiger partial charge in [-0.2, -0.15) is 0 Å². The Hall–Kier alpha value is -1.73. The van der Waals surface area contributed by atoms with Crippen molar-refractivity contribution in [1.82, 2.24) is 10.3 Å². The maximum atomic E-state index is 10.8. The van der Waals surface area contributed by atoms with E-state index in [0.717, 1.165) is 0 Å². The summed E-state index contributed by atoms with van der Waals surface area (Å²) >= 11 is 3.26. The molecular weight excluding hydrogens is 326 g/mol. The Morgan fingerprint density at radius 2 is 2.20 bits per heavy atom. The molecule has 106 valence electrons. The molecule has 0 radical (unpaired) electrons. The number of nitro groups is 1. The molecule has 1 N–H and O–H groups in total. The minimum Gasteiger partial charge on any atom is -0.439 e. The summed E-state index contributed by atoms with van der Waals surface area (Å²) in [6, 6.07) is 5.00. The molecule has 0 saturated carbocycles. The Morgan fingerprint density at radius 3 is 2.85 bits per heavy atom. The molecule has 6 nitrogen and oxygen atoms in total. The number of nitrogens with one attached hydrogen (secondary N) is 1. The van der Waals surface area contributed by atoms with Crippen LogP contribution in [-0.4, -0.2) is 15.9 Å². The topological polar surface area (TPSA) is 81.2 Å². The highest BCUT2D eigenvalue weighted by atomic mass is 79.9. The normalized spacial score (nSPS) is 11.0. The van der Waals surface area contributed by atoms with E-state index in [1.165, 1.54) is 12.1 Å². The van der Waals surface area contributed by atoms with E-state index in [9.17, 15) is 10.1 Å². The van der Waals surface area contributed by atoms with Gasteiger partial charge in [0.2, 0.25) is 5.89 Å². The number of benzene rings is 1. The fraction of sp³-hybridized carbons (Fsp3) is 0.308. The summed E-state index contributed by atoms with van der Waals surface area (Å²) < 4.78 is 6.22. The van der Waals surface area contributed by atoms with E-state index in [4.69, 9.17) is 4.42 Å². The van der Waals surface area contributed by atoms with Crippen molar-refractivity contribution in [2.45, 2.75) is 26.4 Å². The van der Waals surface area contributed by atoms with Crippen molar-refractivity contribution in [3.63, 3.8) is 0 Å². The van der Waals surface area contributed by atoms with Gasteiger partial charge >= 0.3 is 0 Å². The van der Waals surface area contributed by atoms with Crippen molar-refractivity contribution in [2.24, 2.45) is 0 Å². The summed E-state index contributed by atoms with van der Waals surface area (Å²) in [5, 5.41) is 14.0. The first-order valence-corrected chi connectivity index (χ1v) is 6.88. The summed E-state index contributed by atoms with van der Waals surface area (Å²) in [4.78, 5) is 14.6. The predicted molar refractivity (Wildman–Crippen MR) is 78.3 cm³/mol. The van der Waals surface area contributed by atoms with E-state index in [0.29, 0.717) is 34.3 Å². The lowest BCUT2D eigenvalue weighted by Gasteiger charge is -2.04. The van der Waals surface area contributed by atoms with Gasteiger partial charge in [-0.3, -0.25) is 10.1 Å². The van der Waals surface area contributed by atoms with Gasteiger partial charge in [0, 0.05) is 28.2 Å². The highest BCUT2D eigenvalue weighted by Gasteiger charge is 2.13. The summed E-state index contributed by atoms with van der Waals surface area (Å²) in [5.41, 5.74) is 0.627. The smallest absolute Gasteiger partial charge is 0.271 e. The van der Waals surface area contributed by atoms with Crippen LogP contribution < -0.4 is 5.32 Å². The molecule has 1 aromatic heterocycles. The average molecular weight is 340 g/mol. The molecular formula is C13H14BrN3O3. The number of nitrogens with zero attached hydrogens (tertiary/aromatic N) is 2. The molecule has 0 unspecified atom stereocenters. The van der Waals surface area contributed by atoms with E-state index in [1.54, 1.807) is 12.3 Å². The van der Waals surface area contributed by atoms with Gasteiger partial charge in [0.15, 0.2) is 5.76 Å². The van der Waals surface area contributed by atoms with Crippen LogP contribution in [0, 0.1) is 10.1 Å². The molecule has 1 heterocycles. The second-order valence-electron chi connectivity index (χ2n) is 4.61. The number of hydrogen-bond donors (Lipinski definition) is 1. The van der Waals surface area contributed by atoms with Crippen molar-refractivity contribution in [3.8, 4) is 11.3 Å². The molecule has 0 bridgehead atoms. The Morgan fingerprint density at radius 1 is 1.45 bits per heavy atom. The zero-order valence-corrected chi connectivity index (χ0v) is 12.7. The van der Waals surface area contributed by atoms with Gasteiger partial charge in [-0.25, -0.2) is 4.98 Å². The molecule has 0 atom stereocenters. The fourth-order valence-corrected chi connectivity index (χ4v) is 2.12. The Labute approximate surface area is 124 Å². The minimum atomic E-state index is -0.439. The van der Waals surface area contributed by atoms with Crippen LogP contribution in [0.1, 0.15) is 19.7 Å². The number of halogens is 1. The van der Waals surface area contributed by atoms with E-state index in [1.807, 2.05) is 13.8 Å². The summed E-state index contributed by atoms with van der Waals surface area (Å²) in [5.74, 6) is 1.06. The molecule has 0 fully saturated rings. The van der Waals surface area contributed by atoms with Crippen molar-refractivity contribution in [2.75, 3.05) is 0 Å². The number of rotatable bonds is 5. The van der Waals surface area contributed by atoms with Gasteiger partial charge in [-0.05, 0) is 6.07 Å². The van der Waals surface area contributed by atoms with Gasteiger partial charge in [0.05, 0.1) is 17.7 Å². The molecule has 0 saturated heterocycles. The maximum absolute atomic E-state index is 10.8. The number of nitro benzene ring substituents is 1. The summed E-state index contributed by atoms with van der Waals surface area (Å²) in [6.07, 6.45) is 1.57. The molecule has 0 aliphatic rings. The lowest BCUT2D eigenvalue weighted by atomic mass is 10.1. The largest absolute Gasteiger partial charge is 0.439 e. The SMILES string of the molecule is CC(C)NCc1ncc(-c2cc(Br)cc([N+](=O)[O-])c2)o1. The molecule has 0 amide bonds. The highest BCUT2D eigenvalue weighted by molar-refractivity contribution is 9.10. The Bertz CT molecular complexity index is 625. The van der Waals surface area contributed by atoms with E-state index in [2.05, 4.69) is 26.2 Å². The van der Waals surface area contributed by atoms with Crippen molar-refractivity contribution >= 4 is 21.6 Å². The third-order valence-electron chi connectivity index (χ3n) is 2.59. The quantitative estimate of drug-likeness (QED) is 0.665. The first-order valence-electron chi connectivity index (χ1n) is 6.09. The molecule has 0 spiro atoms. The van der Waals surface area contributed by atoms with Crippen LogP contribution in [0.4, 0.5) is 5.69 Å². The predicted octanol–water partition coefficient (Wildman–Crippen LogP) is 3.51. The van der Waals surface area contributed by atoms with Crippen molar-refractivity contribution in [3.05, 3.63) is 44.9 Å². The van der Waals surface area contributed by atoms with Crippen LogP contribution in [0.3, 0.4) is 0 Å².